The fraction of sp³-hybridized carbons (Fsp3) is 0. The molecule has 0 aliphatic heterocycles. The van der Waals surface area contributed by atoms with Gasteiger partial charge in [0.1, 0.15) is 0 Å². The van der Waals surface area contributed by atoms with Crippen LogP contribution in [0, 0.1) is 53.6 Å². The Balaban J connectivity index is -0.0000000750. The first-order chi connectivity index (χ1) is 3.00. The molecule has 8 heavy (non-hydrogen) atoms. The van der Waals surface area contributed by atoms with Crippen LogP contribution < -0.4 is 0 Å². The molecule has 7 heteroatoms. The van der Waals surface area contributed by atoms with Crippen LogP contribution in [0.5, 0.6) is 0 Å². The van der Waals surface area contributed by atoms with Gasteiger partial charge in [0.25, 0.3) is 0 Å². The van der Waals surface area contributed by atoms with E-state index in [1.165, 1.54) is 0 Å². The SMILES string of the molecule is O=P(O)(O)O.[C-]#N.[Ce]. The van der Waals surface area contributed by atoms with Crippen molar-refractivity contribution in [2.45, 2.75) is 0 Å². The third-order valence-corrected chi connectivity index (χ3v) is 0. The van der Waals surface area contributed by atoms with Crippen LogP contribution in [0.15, 0.2) is 0 Å². The summed E-state index contributed by atoms with van der Waals surface area (Å²) in [6.07, 6.45) is 0. The molecule has 0 amide bonds. The van der Waals surface area contributed by atoms with Gasteiger partial charge in [-0.25, -0.2) is 4.57 Å². The second kappa shape index (κ2) is 7.98. The van der Waals surface area contributed by atoms with Gasteiger partial charge in [-0.15, -0.1) is 0 Å². The van der Waals surface area contributed by atoms with E-state index in [0.29, 0.717) is 0 Å². The summed E-state index contributed by atoms with van der Waals surface area (Å²) in [7, 11) is -4.64. The Labute approximate surface area is 80.0 Å². The summed E-state index contributed by atoms with van der Waals surface area (Å²) in [5.74, 6) is 0. The van der Waals surface area contributed by atoms with Gasteiger partial charge in [0, 0.05) is 41.7 Å². The fourth-order valence-electron chi connectivity index (χ4n) is 0. The van der Waals surface area contributed by atoms with Gasteiger partial charge < -0.3 is 26.5 Å². The molecule has 0 aliphatic rings. The van der Waals surface area contributed by atoms with Gasteiger partial charge in [-0.2, -0.15) is 0 Å². The van der Waals surface area contributed by atoms with Crippen LogP contribution >= 0.6 is 7.82 Å². The first kappa shape index (κ1) is 16.0. The van der Waals surface area contributed by atoms with Crippen molar-refractivity contribution in [3.63, 3.8) is 0 Å². The number of phosphoric acid groups is 1. The molecule has 0 unspecified atom stereocenters. The standard InChI is InChI=1S/CN.Ce.H3O4P/c1-2;;1-5(2,3)4/h;;(H3,1,2,3,4)/q-1;;. The topological polar surface area (TPSA) is 102 Å². The third kappa shape index (κ3) is 261. The van der Waals surface area contributed by atoms with Gasteiger partial charge in [-0.05, 0) is 0 Å². The van der Waals surface area contributed by atoms with E-state index in [1.807, 2.05) is 0 Å². The van der Waals surface area contributed by atoms with Crippen molar-refractivity contribution in [3.8, 4) is 0 Å². The number of hydrogen-bond acceptors (Lipinski definition) is 2. The van der Waals surface area contributed by atoms with Gasteiger partial charge in [0.05, 0.1) is 0 Å². The van der Waals surface area contributed by atoms with Crippen LogP contribution in [0.3, 0.4) is 0 Å². The zero-order valence-corrected chi connectivity index (χ0v) is 7.68. The van der Waals surface area contributed by atoms with Crippen molar-refractivity contribution in [2.75, 3.05) is 0 Å². The largest absolute Gasteiger partial charge is 0.512 e. The summed E-state index contributed by atoms with van der Waals surface area (Å²) in [6.45, 7) is 4.75. The van der Waals surface area contributed by atoms with Crippen LogP contribution in [0.4, 0.5) is 0 Å². The van der Waals surface area contributed by atoms with Crippen molar-refractivity contribution < 1.29 is 61.0 Å². The average molecular weight is 264 g/mol. The summed E-state index contributed by atoms with van der Waals surface area (Å²) < 4.78 is 8.88. The first-order valence-corrected chi connectivity index (χ1v) is 2.57. The maximum Gasteiger partial charge on any atom is 0.466 e. The van der Waals surface area contributed by atoms with Crippen molar-refractivity contribution in [1.29, 1.82) is 5.26 Å². The predicted molar refractivity (Wildman–Crippen MR) is 19.2 cm³/mol. The monoisotopic (exact) mass is 264 g/mol. The Hall–Kier alpha value is 0.977. The van der Waals surface area contributed by atoms with E-state index < -0.39 is 7.82 Å². The van der Waals surface area contributed by atoms with E-state index in [-0.39, 0.29) is 41.7 Å². The first-order valence-electron chi connectivity index (χ1n) is 1.01. The Bertz CT molecular complexity index is 87.2. The molecule has 0 atom stereocenters. The van der Waals surface area contributed by atoms with Gasteiger partial charge in [-0.1, -0.05) is 0 Å². The summed E-state index contributed by atoms with van der Waals surface area (Å²) in [4.78, 5) is 21.6. The molecule has 0 aromatic rings. The molecule has 0 bridgehead atoms. The molecule has 0 aliphatic carbocycles. The second-order valence-corrected chi connectivity index (χ2v) is 1.54. The third-order valence-electron chi connectivity index (χ3n) is 0. The molecule has 0 aromatic carbocycles. The molecule has 0 saturated heterocycles. The van der Waals surface area contributed by atoms with Gasteiger partial charge in [0.15, 0.2) is 0 Å². The Kier molecular flexibility index (Phi) is 15.9. The summed E-state index contributed by atoms with van der Waals surface area (Å²) >= 11 is 0. The number of nitrogens with zero attached hydrogens (tertiary/aromatic N) is 1. The molecule has 46 valence electrons. The van der Waals surface area contributed by atoms with Crippen molar-refractivity contribution >= 4 is 7.82 Å². The van der Waals surface area contributed by atoms with Gasteiger partial charge in [0.2, 0.25) is 0 Å². The van der Waals surface area contributed by atoms with E-state index in [1.54, 1.807) is 0 Å². The van der Waals surface area contributed by atoms with E-state index in [9.17, 15) is 0 Å². The molecule has 0 rings (SSSR count). The molecule has 0 aromatic heterocycles. The molecule has 0 heterocycles. The van der Waals surface area contributed by atoms with Crippen LogP contribution in [0.25, 0.3) is 0 Å². The van der Waals surface area contributed by atoms with Crippen LogP contribution in [-0.2, 0) is 4.57 Å². The van der Waals surface area contributed by atoms with Crippen molar-refractivity contribution in [1.82, 2.24) is 0 Å². The summed E-state index contributed by atoms with van der Waals surface area (Å²) in [5.41, 5.74) is 0. The van der Waals surface area contributed by atoms with E-state index >= 15 is 0 Å². The number of rotatable bonds is 0. The van der Waals surface area contributed by atoms with Gasteiger partial charge >= 0.3 is 7.82 Å². The van der Waals surface area contributed by atoms with E-state index in [0.717, 1.165) is 0 Å². The molecule has 3 N–H and O–H groups in total. The number of hydrogen-bond donors (Lipinski definition) is 3. The average Bonchev–Trinajstić information content (AvgIpc) is 1.36. The fourth-order valence-corrected chi connectivity index (χ4v) is 0. The molecule has 0 spiro atoms. The predicted octanol–water partition coefficient (Wildman–Crippen LogP) is -0.832. The molecule has 0 fully saturated rings. The minimum atomic E-state index is -4.64. The van der Waals surface area contributed by atoms with Crippen molar-refractivity contribution in [2.24, 2.45) is 0 Å². The van der Waals surface area contributed by atoms with Gasteiger partial charge in [-0.3, -0.25) is 0 Å². The van der Waals surface area contributed by atoms with E-state index in [4.69, 9.17) is 31.1 Å². The minimum absolute atomic E-state index is 0. The van der Waals surface area contributed by atoms with Crippen LogP contribution in [0.1, 0.15) is 0 Å². The summed E-state index contributed by atoms with van der Waals surface area (Å²) in [5, 5.41) is 6.25. The van der Waals surface area contributed by atoms with Crippen molar-refractivity contribution in [3.05, 3.63) is 6.57 Å². The van der Waals surface area contributed by atoms with Crippen LogP contribution in [-0.4, -0.2) is 14.7 Å². The molecular formula is CH3CeNO4P-. The maximum atomic E-state index is 8.88. The van der Waals surface area contributed by atoms with Crippen LogP contribution in [0.2, 0.25) is 0 Å². The molecule has 0 saturated carbocycles. The molecular weight excluding hydrogens is 261 g/mol. The smallest absolute Gasteiger partial charge is 0.466 e. The molecule has 0 radical (unpaired) electrons. The summed E-state index contributed by atoms with van der Waals surface area (Å²) in [6, 6.07) is 0. The van der Waals surface area contributed by atoms with E-state index in [2.05, 4.69) is 0 Å². The Morgan fingerprint density at radius 3 is 1.25 bits per heavy atom. The maximum absolute atomic E-state index is 8.88. The second-order valence-electron chi connectivity index (χ2n) is 0.513. The quantitative estimate of drug-likeness (QED) is 0.391. The zero-order valence-electron chi connectivity index (χ0n) is 3.64. The Morgan fingerprint density at radius 2 is 1.25 bits per heavy atom. The molecule has 5 nitrogen and oxygen atoms in total. The minimum Gasteiger partial charge on any atom is -0.512 e. The zero-order chi connectivity index (χ0) is 6.50. The normalized spacial score (nSPS) is 7.62. The Morgan fingerprint density at radius 1 is 1.25 bits per heavy atom.